The summed E-state index contributed by atoms with van der Waals surface area (Å²) in [6, 6.07) is 10.8. The van der Waals surface area contributed by atoms with E-state index in [0.29, 0.717) is 35.9 Å². The van der Waals surface area contributed by atoms with Crippen LogP contribution < -0.4 is 20.1 Å². The average Bonchev–Trinajstić information content (AvgIpc) is 2.65. The van der Waals surface area contributed by atoms with E-state index >= 15 is 0 Å². The summed E-state index contributed by atoms with van der Waals surface area (Å²) in [5.41, 5.74) is 0.957. The standard InChI is InChI=1S/C19H19FN2O4/c20-14-4-6-15(7-5-14)25-10-2-1-9-21-19(24)13-3-8-17-16(11-13)22-18(23)12-26-17/h3-8,11H,1-2,9-10,12H2,(H,21,24)(H,22,23). The van der Waals surface area contributed by atoms with Crippen LogP contribution in [0.4, 0.5) is 10.1 Å². The first-order valence-electron chi connectivity index (χ1n) is 8.35. The number of amides is 2. The van der Waals surface area contributed by atoms with Crippen LogP contribution in [0.3, 0.4) is 0 Å². The van der Waals surface area contributed by atoms with Gasteiger partial charge in [0.05, 0.1) is 12.3 Å². The number of carbonyl (C=O) groups excluding carboxylic acids is 2. The Hall–Kier alpha value is -3.09. The second-order valence-electron chi connectivity index (χ2n) is 5.81. The number of hydrogen-bond donors (Lipinski definition) is 2. The van der Waals surface area contributed by atoms with Crippen LogP contribution in [0.5, 0.6) is 11.5 Å². The summed E-state index contributed by atoms with van der Waals surface area (Å²) in [4.78, 5) is 23.5. The molecule has 0 aliphatic carbocycles. The lowest BCUT2D eigenvalue weighted by Gasteiger charge is -2.18. The zero-order chi connectivity index (χ0) is 18.4. The lowest BCUT2D eigenvalue weighted by atomic mass is 10.1. The van der Waals surface area contributed by atoms with Crippen molar-refractivity contribution in [1.82, 2.24) is 5.32 Å². The van der Waals surface area contributed by atoms with E-state index in [0.717, 1.165) is 12.8 Å². The fraction of sp³-hybridized carbons (Fsp3) is 0.263. The molecule has 0 aromatic heterocycles. The van der Waals surface area contributed by atoms with Crippen molar-refractivity contribution in [1.29, 1.82) is 0 Å². The summed E-state index contributed by atoms with van der Waals surface area (Å²) < 4.78 is 23.5. The summed E-state index contributed by atoms with van der Waals surface area (Å²) in [5.74, 6) is 0.421. The number of hydrogen-bond acceptors (Lipinski definition) is 4. The maximum atomic E-state index is 12.8. The van der Waals surface area contributed by atoms with Gasteiger partial charge in [-0.15, -0.1) is 0 Å². The SMILES string of the molecule is O=C1COc2ccc(C(=O)NCCCCOc3ccc(F)cc3)cc2N1. The molecule has 1 aliphatic rings. The Balaban J connectivity index is 1.38. The van der Waals surface area contributed by atoms with E-state index in [1.54, 1.807) is 30.3 Å². The van der Waals surface area contributed by atoms with Gasteiger partial charge in [0.1, 0.15) is 17.3 Å². The van der Waals surface area contributed by atoms with Crippen molar-refractivity contribution in [3.05, 3.63) is 53.8 Å². The molecule has 7 heteroatoms. The zero-order valence-electron chi connectivity index (χ0n) is 14.1. The molecule has 2 N–H and O–H groups in total. The molecule has 1 aliphatic heterocycles. The molecule has 2 amide bonds. The monoisotopic (exact) mass is 358 g/mol. The smallest absolute Gasteiger partial charge is 0.262 e. The molecule has 1 heterocycles. The molecule has 0 fully saturated rings. The van der Waals surface area contributed by atoms with Crippen LogP contribution in [0, 0.1) is 5.82 Å². The number of halogens is 1. The van der Waals surface area contributed by atoms with E-state index in [2.05, 4.69) is 10.6 Å². The molecule has 0 atom stereocenters. The fourth-order valence-corrected chi connectivity index (χ4v) is 2.48. The van der Waals surface area contributed by atoms with Gasteiger partial charge < -0.3 is 20.1 Å². The van der Waals surface area contributed by atoms with Crippen molar-refractivity contribution in [3.63, 3.8) is 0 Å². The van der Waals surface area contributed by atoms with Crippen molar-refractivity contribution in [2.45, 2.75) is 12.8 Å². The first-order valence-corrected chi connectivity index (χ1v) is 8.35. The molecular weight excluding hydrogens is 339 g/mol. The van der Waals surface area contributed by atoms with E-state index in [1.165, 1.54) is 12.1 Å². The molecule has 26 heavy (non-hydrogen) atoms. The van der Waals surface area contributed by atoms with Crippen molar-refractivity contribution < 1.29 is 23.5 Å². The van der Waals surface area contributed by atoms with Gasteiger partial charge in [0.2, 0.25) is 0 Å². The number of nitrogens with one attached hydrogen (secondary N) is 2. The Morgan fingerprint density at radius 3 is 2.81 bits per heavy atom. The molecule has 136 valence electrons. The van der Waals surface area contributed by atoms with Crippen LogP contribution in [-0.4, -0.2) is 31.6 Å². The van der Waals surface area contributed by atoms with Gasteiger partial charge in [-0.25, -0.2) is 4.39 Å². The van der Waals surface area contributed by atoms with Crippen molar-refractivity contribution in [2.75, 3.05) is 25.1 Å². The van der Waals surface area contributed by atoms with Crippen LogP contribution in [0.2, 0.25) is 0 Å². The molecule has 3 rings (SSSR count). The lowest BCUT2D eigenvalue weighted by molar-refractivity contribution is -0.118. The Morgan fingerprint density at radius 2 is 2.00 bits per heavy atom. The first kappa shape index (κ1) is 17.7. The molecule has 6 nitrogen and oxygen atoms in total. The van der Waals surface area contributed by atoms with Gasteiger partial charge >= 0.3 is 0 Å². The fourth-order valence-electron chi connectivity index (χ4n) is 2.48. The molecule has 2 aromatic carbocycles. The summed E-state index contributed by atoms with van der Waals surface area (Å²) >= 11 is 0. The quantitative estimate of drug-likeness (QED) is 0.746. The maximum Gasteiger partial charge on any atom is 0.262 e. The van der Waals surface area contributed by atoms with Crippen LogP contribution in [0.25, 0.3) is 0 Å². The minimum absolute atomic E-state index is 0.0153. The Morgan fingerprint density at radius 1 is 1.19 bits per heavy atom. The number of rotatable bonds is 7. The Bertz CT molecular complexity index is 793. The predicted octanol–water partition coefficient (Wildman–Crippen LogP) is 2.75. The maximum absolute atomic E-state index is 12.8. The first-order chi connectivity index (χ1) is 12.6. The van der Waals surface area contributed by atoms with Gasteiger partial charge in [-0.3, -0.25) is 9.59 Å². The number of carbonyl (C=O) groups is 2. The van der Waals surface area contributed by atoms with Gasteiger partial charge in [0.15, 0.2) is 6.61 Å². The second-order valence-corrected chi connectivity index (χ2v) is 5.81. The van der Waals surface area contributed by atoms with E-state index < -0.39 is 0 Å². The number of unbranched alkanes of at least 4 members (excludes halogenated alkanes) is 1. The second kappa shape index (κ2) is 8.33. The van der Waals surface area contributed by atoms with Crippen molar-refractivity contribution >= 4 is 17.5 Å². The molecule has 0 saturated heterocycles. The molecule has 0 unspecified atom stereocenters. The van der Waals surface area contributed by atoms with E-state index in [9.17, 15) is 14.0 Å². The third kappa shape index (κ3) is 4.72. The number of fused-ring (bicyclic) bond motifs is 1. The van der Waals surface area contributed by atoms with E-state index in [1.807, 2.05) is 0 Å². The molecule has 0 radical (unpaired) electrons. The molecule has 0 spiro atoms. The third-order valence-electron chi connectivity index (χ3n) is 3.81. The Kier molecular flexibility index (Phi) is 5.68. The van der Waals surface area contributed by atoms with Crippen molar-refractivity contribution in [2.24, 2.45) is 0 Å². The molecular formula is C19H19FN2O4. The summed E-state index contributed by atoms with van der Waals surface area (Å²) in [6.45, 7) is 0.980. The van der Waals surface area contributed by atoms with Gasteiger partial charge in [0, 0.05) is 12.1 Å². The minimum atomic E-state index is -0.298. The summed E-state index contributed by atoms with van der Waals surface area (Å²) in [7, 11) is 0. The number of benzene rings is 2. The van der Waals surface area contributed by atoms with Gasteiger partial charge in [-0.05, 0) is 55.3 Å². The molecule has 2 aromatic rings. The Labute approximate surface area is 150 Å². The number of ether oxygens (including phenoxy) is 2. The van der Waals surface area contributed by atoms with Crippen LogP contribution in [0.15, 0.2) is 42.5 Å². The van der Waals surface area contributed by atoms with Crippen LogP contribution >= 0.6 is 0 Å². The molecule has 0 saturated carbocycles. The van der Waals surface area contributed by atoms with Gasteiger partial charge in [0.25, 0.3) is 11.8 Å². The largest absolute Gasteiger partial charge is 0.494 e. The lowest BCUT2D eigenvalue weighted by Crippen LogP contribution is -2.27. The highest BCUT2D eigenvalue weighted by Gasteiger charge is 2.17. The van der Waals surface area contributed by atoms with E-state index in [-0.39, 0.29) is 24.2 Å². The third-order valence-corrected chi connectivity index (χ3v) is 3.81. The predicted molar refractivity (Wildman–Crippen MR) is 94.0 cm³/mol. The summed E-state index contributed by atoms with van der Waals surface area (Å²) in [5, 5.41) is 5.50. The zero-order valence-corrected chi connectivity index (χ0v) is 14.1. The number of anilines is 1. The van der Waals surface area contributed by atoms with Crippen LogP contribution in [-0.2, 0) is 4.79 Å². The average molecular weight is 358 g/mol. The summed E-state index contributed by atoms with van der Waals surface area (Å²) in [6.07, 6.45) is 1.50. The molecule has 0 bridgehead atoms. The van der Waals surface area contributed by atoms with Crippen molar-refractivity contribution in [3.8, 4) is 11.5 Å². The highest BCUT2D eigenvalue weighted by Crippen LogP contribution is 2.28. The minimum Gasteiger partial charge on any atom is -0.494 e. The van der Waals surface area contributed by atoms with Crippen LogP contribution in [0.1, 0.15) is 23.2 Å². The normalized spacial score (nSPS) is 12.6. The van der Waals surface area contributed by atoms with Gasteiger partial charge in [-0.1, -0.05) is 0 Å². The van der Waals surface area contributed by atoms with Gasteiger partial charge in [-0.2, -0.15) is 0 Å². The highest BCUT2D eigenvalue weighted by atomic mass is 19.1. The van der Waals surface area contributed by atoms with E-state index in [4.69, 9.17) is 9.47 Å². The highest BCUT2D eigenvalue weighted by molar-refractivity contribution is 5.99. The topological polar surface area (TPSA) is 76.7 Å².